The van der Waals surface area contributed by atoms with Crippen LogP contribution in [0, 0.1) is 6.92 Å². The van der Waals surface area contributed by atoms with Crippen molar-refractivity contribution >= 4 is 34.0 Å². The predicted octanol–water partition coefficient (Wildman–Crippen LogP) is 4.90. The average Bonchev–Trinajstić information content (AvgIpc) is 3.14. The fourth-order valence-electron chi connectivity index (χ4n) is 3.51. The zero-order valence-corrected chi connectivity index (χ0v) is 17.8. The number of nitrogens with one attached hydrogen (secondary N) is 1. The fraction of sp³-hybridized carbons (Fsp3) is 0.261. The van der Waals surface area contributed by atoms with Gasteiger partial charge in [-0.2, -0.15) is 0 Å². The molecule has 2 aromatic carbocycles. The summed E-state index contributed by atoms with van der Waals surface area (Å²) in [6.45, 7) is 2.72. The lowest BCUT2D eigenvalue weighted by molar-refractivity contribution is -0.119. The second-order valence-corrected chi connectivity index (χ2v) is 8.36. The third-order valence-corrected chi connectivity index (χ3v) is 6.03. The van der Waals surface area contributed by atoms with E-state index in [1.165, 1.54) is 11.3 Å². The molecule has 1 fully saturated rings. The second-order valence-electron chi connectivity index (χ2n) is 7.16. The maximum atomic E-state index is 12.7. The lowest BCUT2D eigenvalue weighted by atomic mass is 10.1. The fourth-order valence-corrected chi connectivity index (χ4v) is 4.34. The van der Waals surface area contributed by atoms with Crippen molar-refractivity contribution in [3.63, 3.8) is 0 Å². The highest BCUT2D eigenvalue weighted by molar-refractivity contribution is 7.16. The number of carbonyl (C=O) groups is 2. The van der Waals surface area contributed by atoms with Gasteiger partial charge < -0.3 is 9.64 Å². The molecule has 30 heavy (non-hydrogen) atoms. The molecule has 3 aromatic rings. The number of hydrogen-bond acceptors (Lipinski definition) is 5. The Balaban J connectivity index is 1.46. The van der Waals surface area contributed by atoms with Gasteiger partial charge in [-0.3, -0.25) is 14.9 Å². The summed E-state index contributed by atoms with van der Waals surface area (Å²) in [6, 6.07) is 14.8. The lowest BCUT2D eigenvalue weighted by Gasteiger charge is -2.26. The minimum absolute atomic E-state index is 0.141. The molecule has 0 radical (unpaired) electrons. The average molecular weight is 422 g/mol. The smallest absolute Gasteiger partial charge is 0.257 e. The van der Waals surface area contributed by atoms with Gasteiger partial charge in [0.1, 0.15) is 5.75 Å². The van der Waals surface area contributed by atoms with Crippen LogP contribution in [-0.4, -0.2) is 30.5 Å². The van der Waals surface area contributed by atoms with Gasteiger partial charge in [-0.15, -0.1) is 11.3 Å². The van der Waals surface area contributed by atoms with E-state index in [1.54, 1.807) is 24.1 Å². The van der Waals surface area contributed by atoms with Crippen molar-refractivity contribution < 1.29 is 14.3 Å². The first-order chi connectivity index (χ1) is 14.5. The minimum Gasteiger partial charge on any atom is -0.497 e. The largest absolute Gasteiger partial charge is 0.497 e. The molecule has 1 N–H and O–H groups in total. The summed E-state index contributed by atoms with van der Waals surface area (Å²) in [5.41, 5.74) is 3.18. The Kier molecular flexibility index (Phi) is 5.81. The first kappa shape index (κ1) is 20.1. The molecule has 6 nitrogen and oxygen atoms in total. The van der Waals surface area contributed by atoms with Crippen molar-refractivity contribution in [1.29, 1.82) is 0 Å². The van der Waals surface area contributed by atoms with Gasteiger partial charge in [0.05, 0.1) is 12.8 Å². The van der Waals surface area contributed by atoms with E-state index in [2.05, 4.69) is 10.3 Å². The van der Waals surface area contributed by atoms with Crippen molar-refractivity contribution in [2.24, 2.45) is 0 Å². The third-order valence-electron chi connectivity index (χ3n) is 5.15. The molecule has 7 heteroatoms. The molecule has 2 heterocycles. The van der Waals surface area contributed by atoms with Crippen LogP contribution in [-0.2, 0) is 4.79 Å². The molecule has 0 unspecified atom stereocenters. The first-order valence-corrected chi connectivity index (χ1v) is 10.7. The number of thiazole rings is 1. The minimum atomic E-state index is -0.221. The highest BCUT2D eigenvalue weighted by Crippen LogP contribution is 2.31. The Morgan fingerprint density at radius 1 is 1.10 bits per heavy atom. The molecular formula is C23H23N3O3S. The van der Waals surface area contributed by atoms with Crippen LogP contribution in [0.1, 0.15) is 34.5 Å². The van der Waals surface area contributed by atoms with E-state index in [0.29, 0.717) is 17.1 Å². The van der Waals surface area contributed by atoms with Gasteiger partial charge in [0.15, 0.2) is 5.13 Å². The molecule has 0 atom stereocenters. The predicted molar refractivity (Wildman–Crippen MR) is 119 cm³/mol. The Morgan fingerprint density at radius 2 is 1.83 bits per heavy atom. The molecule has 154 valence electrons. The molecule has 0 bridgehead atoms. The van der Waals surface area contributed by atoms with Crippen LogP contribution in [0.3, 0.4) is 0 Å². The standard InChI is InChI=1S/C23H23N3O3S/c1-15-21(16-8-12-19(29-2)13-9-16)24-23(30-15)25-22(28)17-6-10-18(11-7-17)26-14-4-3-5-20(26)27/h6-13H,3-5,14H2,1-2H3,(H,24,25,28). The number of amides is 2. The summed E-state index contributed by atoms with van der Waals surface area (Å²) >= 11 is 1.44. The number of piperidine rings is 1. The van der Waals surface area contributed by atoms with Crippen molar-refractivity contribution in [3.8, 4) is 17.0 Å². The maximum Gasteiger partial charge on any atom is 0.257 e. The van der Waals surface area contributed by atoms with Crippen LogP contribution in [0.15, 0.2) is 48.5 Å². The van der Waals surface area contributed by atoms with Crippen LogP contribution in [0.4, 0.5) is 10.8 Å². The van der Waals surface area contributed by atoms with Gasteiger partial charge in [-0.25, -0.2) is 4.98 Å². The number of benzene rings is 2. The van der Waals surface area contributed by atoms with E-state index in [1.807, 2.05) is 43.3 Å². The summed E-state index contributed by atoms with van der Waals surface area (Å²) in [7, 11) is 1.63. The molecule has 1 saturated heterocycles. The van der Waals surface area contributed by atoms with E-state index in [0.717, 1.165) is 47.0 Å². The Hall–Kier alpha value is -3.19. The Bertz CT molecular complexity index is 1060. The number of rotatable bonds is 5. The van der Waals surface area contributed by atoms with E-state index in [4.69, 9.17) is 4.74 Å². The van der Waals surface area contributed by atoms with E-state index in [-0.39, 0.29) is 11.8 Å². The number of methoxy groups -OCH3 is 1. The zero-order chi connectivity index (χ0) is 21.1. The van der Waals surface area contributed by atoms with Gasteiger partial charge in [-0.05, 0) is 68.3 Å². The number of nitrogens with zero attached hydrogens (tertiary/aromatic N) is 2. The first-order valence-electron chi connectivity index (χ1n) is 9.89. The SMILES string of the molecule is COc1ccc(-c2nc(NC(=O)c3ccc(N4CCCCC4=O)cc3)sc2C)cc1. The molecule has 0 aliphatic carbocycles. The van der Waals surface area contributed by atoms with Crippen LogP contribution < -0.4 is 15.0 Å². The lowest BCUT2D eigenvalue weighted by Crippen LogP contribution is -2.35. The Morgan fingerprint density at radius 3 is 2.50 bits per heavy atom. The molecule has 0 spiro atoms. The molecule has 1 aromatic heterocycles. The number of aryl methyl sites for hydroxylation is 1. The van der Waals surface area contributed by atoms with Gasteiger partial charge in [0, 0.05) is 34.7 Å². The summed E-state index contributed by atoms with van der Waals surface area (Å²) in [5.74, 6) is 0.708. The summed E-state index contributed by atoms with van der Waals surface area (Å²) in [6.07, 6.45) is 2.54. The number of hydrogen-bond donors (Lipinski definition) is 1. The van der Waals surface area contributed by atoms with Crippen LogP contribution >= 0.6 is 11.3 Å². The summed E-state index contributed by atoms with van der Waals surface area (Å²) in [5, 5.41) is 3.44. The van der Waals surface area contributed by atoms with Crippen molar-refractivity contribution in [2.75, 3.05) is 23.9 Å². The summed E-state index contributed by atoms with van der Waals surface area (Å²) < 4.78 is 5.20. The Labute approximate surface area is 179 Å². The van der Waals surface area contributed by atoms with Crippen molar-refractivity contribution in [3.05, 3.63) is 59.0 Å². The van der Waals surface area contributed by atoms with Gasteiger partial charge in [-0.1, -0.05) is 0 Å². The van der Waals surface area contributed by atoms with E-state index >= 15 is 0 Å². The number of ether oxygens (including phenoxy) is 1. The van der Waals surface area contributed by atoms with Crippen molar-refractivity contribution in [1.82, 2.24) is 4.98 Å². The number of aromatic nitrogens is 1. The molecule has 4 rings (SSSR count). The van der Waals surface area contributed by atoms with Gasteiger partial charge in [0.25, 0.3) is 5.91 Å². The van der Waals surface area contributed by atoms with Crippen LogP contribution in [0.25, 0.3) is 11.3 Å². The third kappa shape index (κ3) is 4.21. The highest BCUT2D eigenvalue weighted by Gasteiger charge is 2.20. The maximum absolute atomic E-state index is 12.7. The topological polar surface area (TPSA) is 71.5 Å². The molecule has 1 aliphatic heterocycles. The van der Waals surface area contributed by atoms with Crippen molar-refractivity contribution in [2.45, 2.75) is 26.2 Å². The normalized spacial score (nSPS) is 13.9. The van der Waals surface area contributed by atoms with Crippen LogP contribution in [0.5, 0.6) is 5.75 Å². The number of anilines is 2. The quantitative estimate of drug-likeness (QED) is 0.636. The molecule has 2 amide bonds. The molecule has 1 aliphatic rings. The number of carbonyl (C=O) groups excluding carboxylic acids is 2. The van der Waals surface area contributed by atoms with Crippen LogP contribution in [0.2, 0.25) is 0 Å². The van der Waals surface area contributed by atoms with E-state index in [9.17, 15) is 9.59 Å². The van der Waals surface area contributed by atoms with E-state index < -0.39 is 0 Å². The molecular weight excluding hydrogens is 398 g/mol. The molecule has 0 saturated carbocycles. The second kappa shape index (κ2) is 8.67. The highest BCUT2D eigenvalue weighted by atomic mass is 32.1. The van der Waals surface area contributed by atoms with Gasteiger partial charge >= 0.3 is 0 Å². The zero-order valence-electron chi connectivity index (χ0n) is 17.0. The monoisotopic (exact) mass is 421 g/mol. The summed E-state index contributed by atoms with van der Waals surface area (Å²) in [4.78, 5) is 32.1. The van der Waals surface area contributed by atoms with Gasteiger partial charge in [0.2, 0.25) is 5.91 Å².